The Labute approximate surface area is 225 Å². The van der Waals surface area contributed by atoms with Crippen molar-refractivity contribution < 1.29 is 17.9 Å². The van der Waals surface area contributed by atoms with Gasteiger partial charge in [-0.1, -0.05) is 54.1 Å². The summed E-state index contributed by atoms with van der Waals surface area (Å²) in [5.41, 5.74) is 3.23. The third kappa shape index (κ3) is 7.52. The molecule has 4 nitrogen and oxygen atoms in total. The highest BCUT2D eigenvalue weighted by Crippen LogP contribution is 2.34. The van der Waals surface area contributed by atoms with Crippen LogP contribution in [0.15, 0.2) is 66.7 Å². The van der Waals surface area contributed by atoms with E-state index in [2.05, 4.69) is 27.5 Å². The molecule has 0 radical (unpaired) electrons. The number of ether oxygens (including phenoxy) is 1. The van der Waals surface area contributed by atoms with Gasteiger partial charge in [0, 0.05) is 41.2 Å². The van der Waals surface area contributed by atoms with E-state index in [9.17, 15) is 13.2 Å². The fraction of sp³-hybridized carbons (Fsp3) is 0.269. The average Bonchev–Trinajstić information content (AvgIpc) is 2.83. The van der Waals surface area contributed by atoms with Crippen molar-refractivity contribution in [1.29, 1.82) is 5.26 Å². The minimum atomic E-state index is -4.80. The van der Waals surface area contributed by atoms with E-state index in [0.717, 1.165) is 19.5 Å². The first kappa shape index (κ1) is 29.8. The number of hydrogen-bond acceptors (Lipinski definition) is 4. The number of nitriles is 1. The Balaban J connectivity index is 0.00000228. The third-order valence-electron chi connectivity index (χ3n) is 5.96. The molecule has 0 spiro atoms. The average molecular weight is 559 g/mol. The molecule has 1 heterocycles. The molecule has 3 aromatic carbocycles. The van der Waals surface area contributed by atoms with Crippen molar-refractivity contribution in [3.8, 4) is 22.9 Å². The van der Waals surface area contributed by atoms with Crippen LogP contribution >= 0.6 is 36.4 Å². The quantitative estimate of drug-likeness (QED) is 0.347. The standard InChI is InChI=1S/C26H23ClF3N3O.2ClH/c27-23-12-17(14-31)6-8-21(23)19-7-9-25(34-26(28,29)30)20(13-19)15-33-24-10-11-32-16-22(24)18-4-2-1-3-5-18;;/h1-9,12-13,22,24,32-33H,10-11,15-16H2;2*1H/t22-,24-;;/m0../s1. The fourth-order valence-corrected chi connectivity index (χ4v) is 4.61. The van der Waals surface area contributed by atoms with Crippen molar-refractivity contribution in [2.24, 2.45) is 0 Å². The Bertz CT molecular complexity index is 1190. The van der Waals surface area contributed by atoms with Gasteiger partial charge < -0.3 is 15.4 Å². The normalized spacial score (nSPS) is 17.3. The van der Waals surface area contributed by atoms with Crippen molar-refractivity contribution >= 4 is 36.4 Å². The largest absolute Gasteiger partial charge is 0.573 e. The number of alkyl halides is 3. The van der Waals surface area contributed by atoms with Crippen LogP contribution in [0.3, 0.4) is 0 Å². The van der Waals surface area contributed by atoms with Crippen LogP contribution in [0.1, 0.15) is 29.0 Å². The highest BCUT2D eigenvalue weighted by Gasteiger charge is 2.32. The Morgan fingerprint density at radius 2 is 1.81 bits per heavy atom. The monoisotopic (exact) mass is 557 g/mol. The van der Waals surface area contributed by atoms with Crippen LogP contribution in [0.4, 0.5) is 13.2 Å². The first-order chi connectivity index (χ1) is 16.3. The van der Waals surface area contributed by atoms with Gasteiger partial charge in [-0.2, -0.15) is 5.26 Å². The molecule has 10 heteroatoms. The van der Waals surface area contributed by atoms with Gasteiger partial charge >= 0.3 is 6.36 Å². The summed E-state index contributed by atoms with van der Waals surface area (Å²) in [6.45, 7) is 1.81. The van der Waals surface area contributed by atoms with Crippen LogP contribution in [-0.2, 0) is 6.54 Å². The molecule has 0 amide bonds. The van der Waals surface area contributed by atoms with E-state index < -0.39 is 6.36 Å². The van der Waals surface area contributed by atoms with Crippen molar-refractivity contribution in [2.45, 2.75) is 31.3 Å². The molecule has 1 saturated heterocycles. The first-order valence-electron chi connectivity index (χ1n) is 10.9. The Kier molecular flexibility index (Phi) is 10.9. The van der Waals surface area contributed by atoms with Gasteiger partial charge in [0.15, 0.2) is 0 Å². The lowest BCUT2D eigenvalue weighted by molar-refractivity contribution is -0.274. The van der Waals surface area contributed by atoms with E-state index in [0.29, 0.717) is 27.3 Å². The maximum atomic E-state index is 13.1. The SMILES string of the molecule is Cl.Cl.N#Cc1ccc(-c2ccc(OC(F)(F)F)c(CN[C@H]3CCNC[C@H]3c3ccccc3)c2)c(Cl)c1. The van der Waals surface area contributed by atoms with Crippen molar-refractivity contribution in [3.05, 3.63) is 88.4 Å². The lowest BCUT2D eigenvalue weighted by Gasteiger charge is -2.33. The van der Waals surface area contributed by atoms with Gasteiger partial charge in [0.25, 0.3) is 0 Å². The third-order valence-corrected chi connectivity index (χ3v) is 6.27. The van der Waals surface area contributed by atoms with Crippen molar-refractivity contribution in [2.75, 3.05) is 13.1 Å². The summed E-state index contributed by atoms with van der Waals surface area (Å²) in [5.74, 6) is -0.0585. The van der Waals surface area contributed by atoms with Crippen LogP contribution in [0.2, 0.25) is 5.02 Å². The second-order valence-corrected chi connectivity index (χ2v) is 8.58. The molecule has 2 atom stereocenters. The van der Waals surface area contributed by atoms with Crippen molar-refractivity contribution in [3.63, 3.8) is 0 Å². The van der Waals surface area contributed by atoms with Gasteiger partial charge in [0.05, 0.1) is 11.6 Å². The molecule has 1 aliphatic heterocycles. The number of halogens is 6. The van der Waals surface area contributed by atoms with Gasteiger partial charge in [-0.3, -0.25) is 0 Å². The molecule has 0 aromatic heterocycles. The van der Waals surface area contributed by atoms with Crippen LogP contribution in [-0.4, -0.2) is 25.5 Å². The summed E-state index contributed by atoms with van der Waals surface area (Å²) in [6.07, 6.45) is -3.96. The summed E-state index contributed by atoms with van der Waals surface area (Å²) < 4.78 is 43.5. The molecule has 0 aliphatic carbocycles. The van der Waals surface area contributed by atoms with E-state index in [-0.39, 0.29) is 49.1 Å². The molecule has 1 aliphatic rings. The molecule has 0 bridgehead atoms. The number of piperidine rings is 1. The summed E-state index contributed by atoms with van der Waals surface area (Å²) in [7, 11) is 0. The molecule has 2 N–H and O–H groups in total. The van der Waals surface area contributed by atoms with Crippen LogP contribution in [0, 0.1) is 11.3 Å². The number of nitrogens with one attached hydrogen (secondary N) is 2. The lowest BCUT2D eigenvalue weighted by Crippen LogP contribution is -2.45. The number of benzene rings is 3. The van der Waals surface area contributed by atoms with E-state index in [1.165, 1.54) is 23.8 Å². The van der Waals surface area contributed by atoms with E-state index in [1.54, 1.807) is 18.2 Å². The molecule has 36 heavy (non-hydrogen) atoms. The zero-order chi connectivity index (χ0) is 24.1. The van der Waals surface area contributed by atoms with Crippen LogP contribution in [0.25, 0.3) is 11.1 Å². The van der Waals surface area contributed by atoms with Gasteiger partial charge in [0.2, 0.25) is 0 Å². The highest BCUT2D eigenvalue weighted by atomic mass is 35.5. The zero-order valence-electron chi connectivity index (χ0n) is 19.0. The van der Waals surface area contributed by atoms with Gasteiger partial charge in [0.1, 0.15) is 5.75 Å². The summed E-state index contributed by atoms with van der Waals surface area (Å²) >= 11 is 6.34. The van der Waals surface area contributed by atoms with Crippen molar-refractivity contribution in [1.82, 2.24) is 10.6 Å². The predicted molar refractivity (Wildman–Crippen MR) is 140 cm³/mol. The molecule has 192 valence electrons. The molecule has 4 rings (SSSR count). The summed E-state index contributed by atoms with van der Waals surface area (Å²) in [6, 6.07) is 21.5. The molecule has 0 saturated carbocycles. The van der Waals surface area contributed by atoms with Gasteiger partial charge in [-0.15, -0.1) is 38.0 Å². The fourth-order valence-electron chi connectivity index (χ4n) is 4.32. The summed E-state index contributed by atoms with van der Waals surface area (Å²) in [5, 5.41) is 16.3. The highest BCUT2D eigenvalue weighted by molar-refractivity contribution is 6.33. The van der Waals surface area contributed by atoms with E-state index in [1.807, 2.05) is 24.3 Å². The molecule has 3 aromatic rings. The maximum absolute atomic E-state index is 13.1. The molecule has 1 fully saturated rings. The van der Waals surface area contributed by atoms with E-state index >= 15 is 0 Å². The van der Waals surface area contributed by atoms with E-state index in [4.69, 9.17) is 16.9 Å². The number of rotatable bonds is 6. The Hall–Kier alpha value is -2.47. The topological polar surface area (TPSA) is 57.1 Å². The summed E-state index contributed by atoms with van der Waals surface area (Å²) in [4.78, 5) is 0. The Morgan fingerprint density at radius 1 is 1.06 bits per heavy atom. The second kappa shape index (κ2) is 13.2. The Morgan fingerprint density at radius 3 is 2.47 bits per heavy atom. The minimum Gasteiger partial charge on any atom is -0.405 e. The van der Waals surface area contributed by atoms with Gasteiger partial charge in [-0.05, 0) is 48.4 Å². The minimum absolute atomic E-state index is 0. The maximum Gasteiger partial charge on any atom is 0.573 e. The van der Waals surface area contributed by atoms with Gasteiger partial charge in [-0.25, -0.2) is 0 Å². The van der Waals surface area contributed by atoms with Crippen LogP contribution < -0.4 is 15.4 Å². The molecular formula is C26H25Cl3F3N3O. The smallest absolute Gasteiger partial charge is 0.405 e. The predicted octanol–water partition coefficient (Wildman–Crippen LogP) is 6.86. The zero-order valence-corrected chi connectivity index (χ0v) is 21.4. The molecule has 0 unspecified atom stereocenters. The van der Waals surface area contributed by atoms with Crippen LogP contribution in [0.5, 0.6) is 5.75 Å². The second-order valence-electron chi connectivity index (χ2n) is 8.17. The number of nitrogens with zero attached hydrogens (tertiary/aromatic N) is 1. The first-order valence-corrected chi connectivity index (χ1v) is 11.3. The molecular weight excluding hydrogens is 534 g/mol. The number of hydrogen-bond donors (Lipinski definition) is 2. The lowest BCUT2D eigenvalue weighted by atomic mass is 9.86.